The predicted molar refractivity (Wildman–Crippen MR) is 89.3 cm³/mol. The SMILES string of the molecule is C[C@@H](Cc1ccsc1)NC(=O)N1CCC(OCC2CC2)CC1. The number of carbonyl (C=O) groups excluding carboxylic acids is 1. The van der Waals surface area contributed by atoms with Gasteiger partial charge >= 0.3 is 6.03 Å². The van der Waals surface area contributed by atoms with Gasteiger partial charge in [0.1, 0.15) is 0 Å². The highest BCUT2D eigenvalue weighted by molar-refractivity contribution is 7.07. The Kier molecular flexibility index (Phi) is 5.37. The van der Waals surface area contributed by atoms with Crippen molar-refractivity contribution in [2.45, 2.75) is 51.2 Å². The summed E-state index contributed by atoms with van der Waals surface area (Å²) < 4.78 is 5.93. The number of carbonyl (C=O) groups is 1. The number of nitrogens with zero attached hydrogens (tertiary/aromatic N) is 1. The Morgan fingerprint density at radius 2 is 2.18 bits per heavy atom. The van der Waals surface area contributed by atoms with Crippen molar-refractivity contribution in [1.82, 2.24) is 10.2 Å². The fourth-order valence-electron chi connectivity index (χ4n) is 2.90. The molecule has 1 N–H and O–H groups in total. The van der Waals surface area contributed by atoms with Gasteiger partial charge in [0.05, 0.1) is 6.10 Å². The van der Waals surface area contributed by atoms with Crippen LogP contribution in [0.4, 0.5) is 4.79 Å². The molecule has 0 spiro atoms. The highest BCUT2D eigenvalue weighted by Gasteiger charge is 2.27. The van der Waals surface area contributed by atoms with Gasteiger partial charge in [0, 0.05) is 25.7 Å². The molecule has 4 nitrogen and oxygen atoms in total. The molecule has 2 heterocycles. The van der Waals surface area contributed by atoms with Crippen LogP contribution in [-0.4, -0.2) is 42.8 Å². The average molecular weight is 322 g/mol. The molecule has 2 aliphatic rings. The number of amides is 2. The van der Waals surface area contributed by atoms with Crippen LogP contribution in [0.15, 0.2) is 16.8 Å². The topological polar surface area (TPSA) is 41.6 Å². The van der Waals surface area contributed by atoms with Crippen molar-refractivity contribution in [3.63, 3.8) is 0 Å². The number of likely N-dealkylation sites (tertiary alicyclic amines) is 1. The van der Waals surface area contributed by atoms with Crippen molar-refractivity contribution >= 4 is 17.4 Å². The van der Waals surface area contributed by atoms with Crippen molar-refractivity contribution in [3.8, 4) is 0 Å². The van der Waals surface area contributed by atoms with E-state index < -0.39 is 0 Å². The number of rotatable bonds is 6. The number of urea groups is 1. The molecule has 2 amide bonds. The van der Waals surface area contributed by atoms with Crippen LogP contribution in [-0.2, 0) is 11.2 Å². The third-order valence-electron chi connectivity index (χ3n) is 4.49. The van der Waals surface area contributed by atoms with Crippen LogP contribution in [0.2, 0.25) is 0 Å². The molecule has 1 saturated carbocycles. The lowest BCUT2D eigenvalue weighted by Crippen LogP contribution is -2.48. The fraction of sp³-hybridized carbons (Fsp3) is 0.706. The monoisotopic (exact) mass is 322 g/mol. The van der Waals surface area contributed by atoms with E-state index in [1.807, 2.05) is 4.90 Å². The number of thiophene rings is 1. The molecule has 22 heavy (non-hydrogen) atoms. The summed E-state index contributed by atoms with van der Waals surface area (Å²) in [6.45, 7) is 4.62. The first-order valence-corrected chi connectivity index (χ1v) is 9.33. The molecule has 1 aliphatic heterocycles. The molecule has 1 aliphatic carbocycles. The summed E-state index contributed by atoms with van der Waals surface area (Å²) in [6.07, 6.45) is 5.87. The first kappa shape index (κ1) is 15.8. The average Bonchev–Trinajstić information content (AvgIpc) is 3.21. The maximum Gasteiger partial charge on any atom is 0.317 e. The maximum atomic E-state index is 12.3. The molecule has 1 saturated heterocycles. The van der Waals surface area contributed by atoms with Crippen LogP contribution in [0.3, 0.4) is 0 Å². The summed E-state index contributed by atoms with van der Waals surface area (Å²) in [5, 5.41) is 7.34. The highest BCUT2D eigenvalue weighted by Crippen LogP contribution is 2.30. The van der Waals surface area contributed by atoms with Gasteiger partial charge in [-0.05, 0) is 67.3 Å². The van der Waals surface area contributed by atoms with Crippen molar-refractivity contribution in [2.75, 3.05) is 19.7 Å². The third-order valence-corrected chi connectivity index (χ3v) is 5.22. The van der Waals surface area contributed by atoms with Crippen LogP contribution >= 0.6 is 11.3 Å². The maximum absolute atomic E-state index is 12.3. The van der Waals surface area contributed by atoms with Gasteiger partial charge in [0.15, 0.2) is 0 Å². The summed E-state index contributed by atoms with van der Waals surface area (Å²) in [7, 11) is 0. The predicted octanol–water partition coefficient (Wildman–Crippen LogP) is 3.28. The lowest BCUT2D eigenvalue weighted by molar-refractivity contribution is 0.00934. The fourth-order valence-corrected chi connectivity index (χ4v) is 3.58. The lowest BCUT2D eigenvalue weighted by Gasteiger charge is -2.32. The first-order valence-electron chi connectivity index (χ1n) is 8.39. The second kappa shape index (κ2) is 7.47. The second-order valence-corrected chi connectivity index (χ2v) is 7.43. The molecule has 0 radical (unpaired) electrons. The number of nitrogens with one attached hydrogen (secondary N) is 1. The van der Waals surface area contributed by atoms with E-state index in [0.29, 0.717) is 6.10 Å². The van der Waals surface area contributed by atoms with E-state index in [2.05, 4.69) is 29.1 Å². The van der Waals surface area contributed by atoms with E-state index in [1.54, 1.807) is 11.3 Å². The summed E-state index contributed by atoms with van der Waals surface area (Å²) >= 11 is 1.70. The Labute approximate surface area is 136 Å². The van der Waals surface area contributed by atoms with Gasteiger partial charge in [0.2, 0.25) is 0 Å². The molecule has 3 rings (SSSR count). The van der Waals surface area contributed by atoms with Gasteiger partial charge in [-0.2, -0.15) is 11.3 Å². The molecule has 1 aromatic rings. The molecule has 0 unspecified atom stereocenters. The van der Waals surface area contributed by atoms with E-state index >= 15 is 0 Å². The van der Waals surface area contributed by atoms with E-state index in [4.69, 9.17) is 4.74 Å². The smallest absolute Gasteiger partial charge is 0.317 e. The van der Waals surface area contributed by atoms with Gasteiger partial charge in [-0.3, -0.25) is 0 Å². The molecule has 0 aromatic carbocycles. The van der Waals surface area contributed by atoms with Crippen LogP contribution in [0.25, 0.3) is 0 Å². The summed E-state index contributed by atoms with van der Waals surface area (Å²) in [5.41, 5.74) is 1.30. The Hall–Kier alpha value is -1.07. The second-order valence-electron chi connectivity index (χ2n) is 6.65. The molecule has 1 aromatic heterocycles. The van der Waals surface area contributed by atoms with Gasteiger partial charge in [0.25, 0.3) is 0 Å². The first-order chi connectivity index (χ1) is 10.7. The van der Waals surface area contributed by atoms with Crippen LogP contribution < -0.4 is 5.32 Å². The molecular formula is C17H26N2O2S. The Balaban J connectivity index is 1.35. The van der Waals surface area contributed by atoms with Crippen LogP contribution in [0.1, 0.15) is 38.2 Å². The quantitative estimate of drug-likeness (QED) is 0.873. The minimum absolute atomic E-state index is 0.0726. The molecule has 5 heteroatoms. The minimum Gasteiger partial charge on any atom is -0.378 e. The largest absolute Gasteiger partial charge is 0.378 e. The van der Waals surface area contributed by atoms with Crippen LogP contribution in [0.5, 0.6) is 0 Å². The van der Waals surface area contributed by atoms with E-state index in [-0.39, 0.29) is 12.1 Å². The van der Waals surface area contributed by atoms with E-state index in [0.717, 1.165) is 44.9 Å². The standard InChI is InChI=1S/C17H26N2O2S/c1-13(10-15-6-9-22-12-15)18-17(20)19-7-4-16(5-8-19)21-11-14-2-3-14/h6,9,12-14,16H,2-5,7-8,10-11H2,1H3,(H,18,20)/t13-/m0/s1. The van der Waals surface area contributed by atoms with Gasteiger partial charge < -0.3 is 15.0 Å². The summed E-state index contributed by atoms with van der Waals surface area (Å²) in [5.74, 6) is 0.819. The summed E-state index contributed by atoms with van der Waals surface area (Å²) in [4.78, 5) is 14.2. The Morgan fingerprint density at radius 1 is 1.41 bits per heavy atom. The van der Waals surface area contributed by atoms with Gasteiger partial charge in [-0.15, -0.1) is 0 Å². The third kappa shape index (κ3) is 4.71. The van der Waals surface area contributed by atoms with Crippen molar-refractivity contribution < 1.29 is 9.53 Å². The van der Waals surface area contributed by atoms with Gasteiger partial charge in [-0.1, -0.05) is 0 Å². The normalized spacial score (nSPS) is 20.9. The molecular weight excluding hydrogens is 296 g/mol. The highest BCUT2D eigenvalue weighted by atomic mass is 32.1. The van der Waals surface area contributed by atoms with E-state index in [1.165, 1.54) is 18.4 Å². The number of hydrogen-bond acceptors (Lipinski definition) is 3. The molecule has 1 atom stereocenters. The summed E-state index contributed by atoms with van der Waals surface area (Å²) in [6, 6.07) is 2.37. The van der Waals surface area contributed by atoms with Gasteiger partial charge in [-0.25, -0.2) is 4.79 Å². The molecule has 0 bridgehead atoms. The van der Waals surface area contributed by atoms with Crippen molar-refractivity contribution in [1.29, 1.82) is 0 Å². The molecule has 122 valence electrons. The van der Waals surface area contributed by atoms with Crippen LogP contribution in [0, 0.1) is 5.92 Å². The zero-order valence-electron chi connectivity index (χ0n) is 13.3. The Morgan fingerprint density at radius 3 is 2.82 bits per heavy atom. The van der Waals surface area contributed by atoms with Crippen molar-refractivity contribution in [2.24, 2.45) is 5.92 Å². The number of hydrogen-bond donors (Lipinski definition) is 1. The number of ether oxygens (including phenoxy) is 1. The Bertz CT molecular complexity index is 465. The number of piperidine rings is 1. The lowest BCUT2D eigenvalue weighted by atomic mass is 10.1. The van der Waals surface area contributed by atoms with Crippen molar-refractivity contribution in [3.05, 3.63) is 22.4 Å². The minimum atomic E-state index is 0.0726. The van der Waals surface area contributed by atoms with E-state index in [9.17, 15) is 4.79 Å². The zero-order valence-corrected chi connectivity index (χ0v) is 14.1. The zero-order chi connectivity index (χ0) is 15.4. The molecule has 2 fully saturated rings.